The first-order valence-corrected chi connectivity index (χ1v) is 15.4. The molecule has 0 spiro atoms. The molecule has 0 bridgehead atoms. The van der Waals surface area contributed by atoms with Crippen LogP contribution in [0.3, 0.4) is 0 Å². The van der Waals surface area contributed by atoms with Crippen molar-refractivity contribution in [2.75, 3.05) is 19.6 Å². The van der Waals surface area contributed by atoms with E-state index < -0.39 is 0 Å². The Morgan fingerprint density at radius 3 is 2.15 bits per heavy atom. The topological polar surface area (TPSA) is 68.4 Å². The van der Waals surface area contributed by atoms with Crippen molar-refractivity contribution in [3.05, 3.63) is 96.1 Å². The van der Waals surface area contributed by atoms with E-state index in [-0.39, 0.29) is 6.04 Å². The van der Waals surface area contributed by atoms with E-state index in [9.17, 15) is 0 Å². The van der Waals surface area contributed by atoms with Crippen molar-refractivity contribution >= 4 is 5.84 Å². The van der Waals surface area contributed by atoms with Gasteiger partial charge < -0.3 is 0 Å². The Morgan fingerprint density at radius 2 is 1.65 bits per heavy atom. The molecule has 1 fully saturated rings. The number of likely N-dealkylation sites (tertiary alicyclic amines) is 1. The summed E-state index contributed by atoms with van der Waals surface area (Å²) in [4.78, 5) is 2.37. The molecule has 40 heavy (non-hydrogen) atoms. The number of nitrogens with zero attached hydrogens (tertiary/aromatic N) is 2. The Hall–Kier alpha value is -2.73. The van der Waals surface area contributed by atoms with Gasteiger partial charge in [0.25, 0.3) is 0 Å². The second-order valence-corrected chi connectivity index (χ2v) is 10.5. The van der Waals surface area contributed by atoms with Crippen LogP contribution in [0.15, 0.2) is 85.0 Å². The molecule has 2 atom stereocenters. The largest absolute Gasteiger partial charge is 0.290 e. The predicted molar refractivity (Wildman–Crippen MR) is 175 cm³/mol. The van der Waals surface area contributed by atoms with Gasteiger partial charge in [-0.1, -0.05) is 132 Å². The monoisotopic (exact) mass is 547 g/mol. The highest BCUT2D eigenvalue weighted by Gasteiger charge is 2.31. The number of hydrogen-bond donors (Lipinski definition) is 3. The van der Waals surface area contributed by atoms with Crippen LogP contribution in [0.2, 0.25) is 0 Å². The zero-order chi connectivity index (χ0) is 29.8. The first-order valence-electron chi connectivity index (χ1n) is 15.4. The number of hydrazine groups is 2. The minimum atomic E-state index is -0.126. The van der Waals surface area contributed by atoms with Gasteiger partial charge in [0.15, 0.2) is 0 Å². The van der Waals surface area contributed by atoms with Crippen LogP contribution in [0, 0.1) is 11.3 Å². The lowest BCUT2D eigenvalue weighted by molar-refractivity contribution is 0.185. The lowest BCUT2D eigenvalue weighted by atomic mass is 9.88. The molecule has 0 amide bonds. The summed E-state index contributed by atoms with van der Waals surface area (Å²) < 4.78 is 0. The van der Waals surface area contributed by atoms with Crippen LogP contribution in [-0.2, 0) is 6.42 Å². The van der Waals surface area contributed by atoms with E-state index in [1.807, 2.05) is 39.0 Å². The second-order valence-electron chi connectivity index (χ2n) is 10.5. The van der Waals surface area contributed by atoms with E-state index in [0.717, 1.165) is 43.8 Å². The number of nitrogens with one attached hydrogen (secondary N) is 2. The molecule has 1 heterocycles. The number of hydrogen-bond acceptors (Lipinski definition) is 4. The molecule has 4 N–H and O–H groups in total. The Morgan fingerprint density at radius 1 is 1.07 bits per heavy atom. The zero-order valence-corrected chi connectivity index (χ0v) is 26.2. The van der Waals surface area contributed by atoms with Crippen molar-refractivity contribution in [1.82, 2.24) is 15.4 Å². The molecule has 5 nitrogen and oxygen atoms in total. The molecule has 0 saturated carbocycles. The lowest BCUT2D eigenvalue weighted by Crippen LogP contribution is -2.57. The highest BCUT2D eigenvalue weighted by atomic mass is 15.6. The number of allylic oxidation sites excluding steroid dienone is 2. The van der Waals surface area contributed by atoms with Crippen molar-refractivity contribution in [2.45, 2.75) is 92.0 Å². The first kappa shape index (κ1) is 35.3. The number of piperidine rings is 1. The highest BCUT2D eigenvalue weighted by molar-refractivity contribution is 5.87. The Balaban J connectivity index is 0.000000621. The van der Waals surface area contributed by atoms with Gasteiger partial charge in [-0.2, -0.15) is 5.53 Å². The molecule has 3 rings (SSSR count). The fourth-order valence-corrected chi connectivity index (χ4v) is 4.85. The molecule has 2 unspecified atom stereocenters. The van der Waals surface area contributed by atoms with Crippen molar-refractivity contribution in [3.63, 3.8) is 0 Å². The molecule has 1 aliphatic heterocycles. The summed E-state index contributed by atoms with van der Waals surface area (Å²) in [5.41, 5.74) is 6.35. The zero-order valence-electron chi connectivity index (χ0n) is 26.2. The normalized spacial score (nSPS) is 15.3. The molecule has 1 saturated heterocycles. The molecule has 0 aromatic heterocycles. The molecular formula is C35H57N5. The van der Waals surface area contributed by atoms with Gasteiger partial charge in [0.05, 0.1) is 6.04 Å². The summed E-state index contributed by atoms with van der Waals surface area (Å²) in [5, 5.41) is 10.6. The van der Waals surface area contributed by atoms with Crippen LogP contribution in [-0.4, -0.2) is 41.4 Å². The second kappa shape index (κ2) is 21.1. The van der Waals surface area contributed by atoms with Crippen molar-refractivity contribution in [3.8, 4) is 0 Å². The third kappa shape index (κ3) is 12.6. The van der Waals surface area contributed by atoms with Gasteiger partial charge in [-0.15, -0.1) is 0 Å². The van der Waals surface area contributed by atoms with Gasteiger partial charge in [0.1, 0.15) is 5.84 Å². The molecule has 1 aliphatic rings. The number of nitrogens with two attached hydrogens (primary N) is 1. The Bertz CT molecular complexity index is 948. The third-order valence-corrected chi connectivity index (χ3v) is 7.37. The van der Waals surface area contributed by atoms with Gasteiger partial charge in [-0.3, -0.25) is 21.2 Å². The van der Waals surface area contributed by atoms with Crippen LogP contribution < -0.4 is 11.4 Å². The number of benzene rings is 2. The molecule has 0 radical (unpaired) electrons. The fraction of sp³-hybridized carbons (Fsp3) is 0.514. The molecule has 0 aliphatic carbocycles. The number of amidine groups is 1. The van der Waals surface area contributed by atoms with E-state index in [0.29, 0.717) is 18.3 Å². The minimum Gasteiger partial charge on any atom is -0.290 e. The SMILES string of the molecule is C=C(C)C(C(=N)N(CCc1ccccc1)NN)N1CCC(c2ccccc2)CC1.CC.CCC/C=C\C(C)CC. The van der Waals surface area contributed by atoms with E-state index in [4.69, 9.17) is 11.3 Å². The molecule has 5 heteroatoms. The number of rotatable bonds is 12. The summed E-state index contributed by atoms with van der Waals surface area (Å²) in [6.07, 6.45) is 11.4. The van der Waals surface area contributed by atoms with Crippen LogP contribution in [0.25, 0.3) is 0 Å². The quantitative estimate of drug-likeness (QED) is 0.0825. The average Bonchev–Trinajstić information content (AvgIpc) is 3.00. The van der Waals surface area contributed by atoms with E-state index >= 15 is 0 Å². The third-order valence-electron chi connectivity index (χ3n) is 7.37. The molecule has 2 aromatic rings. The summed E-state index contributed by atoms with van der Waals surface area (Å²) in [7, 11) is 0. The van der Waals surface area contributed by atoms with Gasteiger partial charge in [0.2, 0.25) is 0 Å². The Kier molecular flexibility index (Phi) is 18.6. The maximum atomic E-state index is 8.83. The van der Waals surface area contributed by atoms with Crippen molar-refractivity contribution in [2.24, 2.45) is 11.8 Å². The van der Waals surface area contributed by atoms with E-state index in [2.05, 4.69) is 92.4 Å². The average molecular weight is 548 g/mol. The van der Waals surface area contributed by atoms with Gasteiger partial charge >= 0.3 is 0 Å². The van der Waals surface area contributed by atoms with Crippen LogP contribution in [0.5, 0.6) is 0 Å². The van der Waals surface area contributed by atoms with Crippen LogP contribution >= 0.6 is 0 Å². The highest BCUT2D eigenvalue weighted by Crippen LogP contribution is 2.30. The molecule has 2 aromatic carbocycles. The van der Waals surface area contributed by atoms with E-state index in [1.165, 1.54) is 30.4 Å². The van der Waals surface area contributed by atoms with Crippen LogP contribution in [0.1, 0.15) is 90.7 Å². The number of unbranched alkanes of at least 4 members (excludes halogenated alkanes) is 1. The van der Waals surface area contributed by atoms with Crippen molar-refractivity contribution < 1.29 is 0 Å². The minimum absolute atomic E-state index is 0.126. The standard InChI is InChI=1S/C24H33N5.C9H18.C2H6/c1-19(2)23(24(25)29(27-26)18-13-20-9-5-3-6-10-20)28-16-14-22(15-17-28)21-11-7-4-8-12-21;1-4-6-7-8-9(3)5-2;1-2/h3-12,22-23,25,27H,1,13-18,26H2,2H3;7-9H,4-6H2,1-3H3;1-2H3/b;8-7-;. The fourth-order valence-electron chi connectivity index (χ4n) is 4.85. The predicted octanol–water partition coefficient (Wildman–Crippen LogP) is 8.13. The van der Waals surface area contributed by atoms with E-state index in [1.54, 1.807) is 5.01 Å². The smallest absolute Gasteiger partial charge is 0.133 e. The maximum Gasteiger partial charge on any atom is 0.133 e. The Labute approximate surface area is 246 Å². The van der Waals surface area contributed by atoms with Crippen LogP contribution in [0.4, 0.5) is 0 Å². The maximum absolute atomic E-state index is 8.83. The first-order chi connectivity index (χ1) is 19.4. The van der Waals surface area contributed by atoms with Gasteiger partial charge in [-0.25, -0.2) is 0 Å². The lowest BCUT2D eigenvalue weighted by Gasteiger charge is -2.40. The van der Waals surface area contributed by atoms with Gasteiger partial charge in [0, 0.05) is 6.54 Å². The summed E-state index contributed by atoms with van der Waals surface area (Å²) in [6.45, 7) is 19.4. The van der Waals surface area contributed by atoms with Crippen molar-refractivity contribution in [1.29, 1.82) is 5.41 Å². The summed E-state index contributed by atoms with van der Waals surface area (Å²) in [5.74, 6) is 7.62. The summed E-state index contributed by atoms with van der Waals surface area (Å²) >= 11 is 0. The summed E-state index contributed by atoms with van der Waals surface area (Å²) in [6, 6.07) is 20.9. The molecule has 222 valence electrons. The van der Waals surface area contributed by atoms with Gasteiger partial charge in [-0.05, 0) is 68.7 Å². The molecular weight excluding hydrogens is 490 g/mol.